The summed E-state index contributed by atoms with van der Waals surface area (Å²) in [5, 5.41) is 11.6. The molecule has 0 spiro atoms. The number of carbonyl (C=O) groups is 1. The van der Waals surface area contributed by atoms with E-state index in [-0.39, 0.29) is 36.1 Å². The molecular weight excluding hydrogens is 252 g/mol. The molecule has 9 nitrogen and oxygen atoms in total. The zero-order chi connectivity index (χ0) is 14.0. The van der Waals surface area contributed by atoms with Crippen LogP contribution >= 0.6 is 0 Å². The molecule has 0 bridgehead atoms. The van der Waals surface area contributed by atoms with Gasteiger partial charge < -0.3 is 20.7 Å². The highest BCUT2D eigenvalue weighted by atomic mass is 16.3. The molecule has 0 aromatic carbocycles. The summed E-state index contributed by atoms with van der Waals surface area (Å²) in [6.07, 6.45) is 0.717. The molecule has 102 valence electrons. The van der Waals surface area contributed by atoms with Gasteiger partial charge in [0.2, 0.25) is 11.9 Å². The number of fused-ring (bicyclic) bond motifs is 1. The smallest absolute Gasteiger partial charge is 0.280 e. The average Bonchev–Trinajstić information content (AvgIpc) is 2.70. The number of nitrogens with one attached hydrogen (secondary N) is 2. The first-order valence-corrected chi connectivity index (χ1v) is 5.62. The van der Waals surface area contributed by atoms with Gasteiger partial charge in [-0.25, -0.2) is 4.98 Å². The van der Waals surface area contributed by atoms with Crippen molar-refractivity contribution in [3.05, 3.63) is 16.7 Å². The van der Waals surface area contributed by atoms with Gasteiger partial charge in [0.05, 0.1) is 12.4 Å². The number of aromatic nitrogens is 4. The van der Waals surface area contributed by atoms with E-state index in [9.17, 15) is 9.59 Å². The third kappa shape index (κ3) is 2.88. The number of nitrogens with zero attached hydrogens (tertiary/aromatic N) is 3. The average molecular weight is 266 g/mol. The van der Waals surface area contributed by atoms with Gasteiger partial charge >= 0.3 is 0 Å². The van der Waals surface area contributed by atoms with Gasteiger partial charge in [-0.1, -0.05) is 0 Å². The van der Waals surface area contributed by atoms with Crippen LogP contribution in [0.4, 0.5) is 5.95 Å². The zero-order valence-electron chi connectivity index (χ0n) is 10.3. The number of anilines is 1. The Labute approximate surface area is 107 Å². The molecule has 2 heterocycles. The van der Waals surface area contributed by atoms with Gasteiger partial charge in [0.25, 0.3) is 5.56 Å². The van der Waals surface area contributed by atoms with E-state index in [1.807, 2.05) is 0 Å². The van der Waals surface area contributed by atoms with Gasteiger partial charge in [-0.05, 0) is 6.92 Å². The third-order valence-electron chi connectivity index (χ3n) is 2.40. The minimum absolute atomic E-state index is 0.0383. The lowest BCUT2D eigenvalue weighted by molar-refractivity contribution is -0.122. The van der Waals surface area contributed by atoms with Crippen molar-refractivity contribution in [3.8, 4) is 0 Å². The van der Waals surface area contributed by atoms with E-state index in [1.165, 1.54) is 10.9 Å². The Morgan fingerprint density at radius 3 is 3.11 bits per heavy atom. The van der Waals surface area contributed by atoms with E-state index < -0.39 is 11.7 Å². The second kappa shape index (κ2) is 5.06. The molecule has 19 heavy (non-hydrogen) atoms. The Morgan fingerprint density at radius 2 is 2.42 bits per heavy atom. The van der Waals surface area contributed by atoms with Crippen molar-refractivity contribution in [1.29, 1.82) is 0 Å². The van der Waals surface area contributed by atoms with Crippen molar-refractivity contribution in [2.24, 2.45) is 0 Å². The molecule has 0 aliphatic heterocycles. The fourth-order valence-corrected chi connectivity index (χ4v) is 1.56. The highest BCUT2D eigenvalue weighted by molar-refractivity contribution is 5.78. The van der Waals surface area contributed by atoms with Crippen molar-refractivity contribution in [3.63, 3.8) is 0 Å². The van der Waals surface area contributed by atoms with Crippen LogP contribution < -0.4 is 16.6 Å². The lowest BCUT2D eigenvalue weighted by atomic mass is 10.4. The summed E-state index contributed by atoms with van der Waals surface area (Å²) in [5.41, 5.74) is 5.35. The molecule has 0 aliphatic rings. The minimum Gasteiger partial charge on any atom is -0.392 e. The molecule has 2 aromatic rings. The molecule has 1 amide bonds. The Morgan fingerprint density at radius 1 is 1.68 bits per heavy atom. The van der Waals surface area contributed by atoms with E-state index in [0.717, 1.165) is 0 Å². The summed E-state index contributed by atoms with van der Waals surface area (Å²) >= 11 is 0. The minimum atomic E-state index is -0.625. The van der Waals surface area contributed by atoms with Gasteiger partial charge in [-0.3, -0.25) is 14.6 Å². The number of rotatable bonds is 4. The highest BCUT2D eigenvalue weighted by Gasteiger charge is 2.12. The topological polar surface area (TPSA) is 139 Å². The number of nitrogens with two attached hydrogens (primary N) is 1. The van der Waals surface area contributed by atoms with Crippen molar-refractivity contribution in [2.75, 3.05) is 12.3 Å². The molecule has 0 saturated heterocycles. The lowest BCUT2D eigenvalue weighted by Crippen LogP contribution is -2.33. The van der Waals surface area contributed by atoms with Crippen LogP contribution in [0, 0.1) is 0 Å². The van der Waals surface area contributed by atoms with Gasteiger partial charge in [-0.15, -0.1) is 0 Å². The Kier molecular flexibility index (Phi) is 3.47. The zero-order valence-corrected chi connectivity index (χ0v) is 10.3. The molecule has 0 saturated carbocycles. The number of H-pyrrole nitrogens is 1. The summed E-state index contributed by atoms with van der Waals surface area (Å²) in [5.74, 6) is -0.357. The van der Waals surface area contributed by atoms with Crippen LogP contribution in [0.2, 0.25) is 0 Å². The predicted molar refractivity (Wildman–Crippen MR) is 67.3 cm³/mol. The molecular formula is C10H14N6O3. The van der Waals surface area contributed by atoms with E-state index in [0.29, 0.717) is 0 Å². The first kappa shape index (κ1) is 13.0. The maximum Gasteiger partial charge on any atom is 0.280 e. The van der Waals surface area contributed by atoms with Gasteiger partial charge in [0.1, 0.15) is 6.54 Å². The quantitative estimate of drug-likeness (QED) is 0.515. The van der Waals surface area contributed by atoms with Gasteiger partial charge in [0, 0.05) is 6.54 Å². The Bertz CT molecular complexity index is 659. The second-order valence-electron chi connectivity index (χ2n) is 4.15. The van der Waals surface area contributed by atoms with Crippen molar-refractivity contribution in [1.82, 2.24) is 24.8 Å². The fraction of sp³-hybridized carbons (Fsp3) is 0.400. The van der Waals surface area contributed by atoms with E-state index >= 15 is 0 Å². The Hall–Kier alpha value is -2.42. The van der Waals surface area contributed by atoms with E-state index in [1.54, 1.807) is 6.92 Å². The molecule has 1 unspecified atom stereocenters. The van der Waals surface area contributed by atoms with Crippen molar-refractivity contribution >= 4 is 23.0 Å². The molecule has 9 heteroatoms. The number of carbonyl (C=O) groups excluding carboxylic acids is 1. The van der Waals surface area contributed by atoms with Crippen molar-refractivity contribution in [2.45, 2.75) is 19.6 Å². The maximum absolute atomic E-state index is 11.6. The fourth-order valence-electron chi connectivity index (χ4n) is 1.56. The summed E-state index contributed by atoms with van der Waals surface area (Å²) in [7, 11) is 0. The summed E-state index contributed by atoms with van der Waals surface area (Å²) in [4.78, 5) is 33.3. The number of nitrogen functional groups attached to an aromatic ring is 1. The summed E-state index contributed by atoms with van der Waals surface area (Å²) < 4.78 is 1.41. The predicted octanol–water partition coefficient (Wildman–Crippen LogP) is -1.80. The van der Waals surface area contributed by atoms with Crippen molar-refractivity contribution < 1.29 is 9.90 Å². The molecule has 2 rings (SSSR count). The molecule has 0 aliphatic carbocycles. The monoisotopic (exact) mass is 266 g/mol. The van der Waals surface area contributed by atoms with Crippen LogP contribution in [0.3, 0.4) is 0 Å². The first-order chi connectivity index (χ1) is 8.97. The molecule has 0 fully saturated rings. The number of hydrogen-bond acceptors (Lipinski definition) is 6. The maximum atomic E-state index is 11.6. The van der Waals surface area contributed by atoms with Crippen LogP contribution in [0.25, 0.3) is 11.2 Å². The number of aromatic amines is 1. The van der Waals surface area contributed by atoms with Crippen LogP contribution in [0.1, 0.15) is 6.92 Å². The van der Waals surface area contributed by atoms with E-state index in [2.05, 4.69) is 20.3 Å². The SMILES string of the molecule is CC(O)CNC(=O)Cn1cnc2c(=O)[nH]c(N)nc21. The van der Waals surface area contributed by atoms with Crippen LogP contribution in [-0.2, 0) is 11.3 Å². The third-order valence-corrected chi connectivity index (χ3v) is 2.40. The van der Waals surface area contributed by atoms with Gasteiger partial charge in [0.15, 0.2) is 11.2 Å². The number of aliphatic hydroxyl groups is 1. The first-order valence-electron chi connectivity index (χ1n) is 5.62. The summed E-state index contributed by atoms with van der Waals surface area (Å²) in [6, 6.07) is 0. The second-order valence-corrected chi connectivity index (χ2v) is 4.15. The lowest BCUT2D eigenvalue weighted by Gasteiger charge is -2.07. The molecule has 2 aromatic heterocycles. The number of hydrogen-bond donors (Lipinski definition) is 4. The summed E-state index contributed by atoms with van der Waals surface area (Å²) in [6.45, 7) is 1.66. The van der Waals surface area contributed by atoms with Gasteiger partial charge in [-0.2, -0.15) is 4.98 Å². The van der Waals surface area contributed by atoms with Crippen LogP contribution in [-0.4, -0.2) is 43.2 Å². The largest absolute Gasteiger partial charge is 0.392 e. The molecule has 1 atom stereocenters. The number of amides is 1. The van der Waals surface area contributed by atoms with Crippen LogP contribution in [0.5, 0.6) is 0 Å². The number of imidazole rings is 1. The highest BCUT2D eigenvalue weighted by Crippen LogP contribution is 2.05. The molecule has 0 radical (unpaired) electrons. The number of aliphatic hydroxyl groups excluding tert-OH is 1. The Balaban J connectivity index is 2.22. The normalized spacial score (nSPS) is 12.5. The molecule has 5 N–H and O–H groups in total. The van der Waals surface area contributed by atoms with E-state index in [4.69, 9.17) is 10.8 Å². The standard InChI is InChI=1S/C10H14N6O3/c1-5(17)2-12-6(18)3-16-4-13-7-8(16)14-10(11)15-9(7)19/h4-5,17H,2-3H2,1H3,(H,12,18)(H3,11,14,15,19). The van der Waals surface area contributed by atoms with Crippen LogP contribution in [0.15, 0.2) is 11.1 Å².